The molecule has 28 heavy (non-hydrogen) atoms. The molecule has 1 saturated carbocycles. The number of halogens is 1. The molecule has 0 radical (unpaired) electrons. The van der Waals surface area contributed by atoms with Gasteiger partial charge in [-0.05, 0) is 67.3 Å². The number of nitrogens with two attached hydrogens (primary N) is 1. The largest absolute Gasteiger partial charge is 0.497 e. The van der Waals surface area contributed by atoms with Crippen LogP contribution in [0.3, 0.4) is 0 Å². The summed E-state index contributed by atoms with van der Waals surface area (Å²) >= 11 is 0. The number of methoxy groups -OCH3 is 1. The number of amides is 1. The van der Waals surface area contributed by atoms with Gasteiger partial charge in [-0.15, -0.1) is 12.4 Å². The molecule has 1 fully saturated rings. The van der Waals surface area contributed by atoms with Crippen LogP contribution in [0.15, 0.2) is 53.4 Å². The summed E-state index contributed by atoms with van der Waals surface area (Å²) in [5.41, 5.74) is 6.53. The van der Waals surface area contributed by atoms with E-state index in [9.17, 15) is 13.2 Å². The van der Waals surface area contributed by atoms with E-state index in [-0.39, 0.29) is 29.3 Å². The van der Waals surface area contributed by atoms with Crippen LogP contribution in [0, 0.1) is 5.92 Å². The Labute approximate surface area is 171 Å². The van der Waals surface area contributed by atoms with E-state index in [1.807, 2.05) is 0 Å². The lowest BCUT2D eigenvalue weighted by molar-refractivity contribution is 0.0933. The number of hydrogen-bond donors (Lipinski definition) is 3. The molecule has 1 amide bonds. The Hall–Kier alpha value is -2.29. The monoisotopic (exact) mass is 425 g/mol. The summed E-state index contributed by atoms with van der Waals surface area (Å²) in [5, 5.41) is 2.91. The van der Waals surface area contributed by atoms with Crippen molar-refractivity contribution in [1.82, 2.24) is 5.32 Å². The van der Waals surface area contributed by atoms with Crippen LogP contribution in [0.1, 0.15) is 23.2 Å². The highest BCUT2D eigenvalue weighted by Crippen LogP contribution is 2.32. The first kappa shape index (κ1) is 22.0. The van der Waals surface area contributed by atoms with E-state index in [1.54, 1.807) is 24.3 Å². The van der Waals surface area contributed by atoms with E-state index in [1.165, 1.54) is 31.4 Å². The Morgan fingerprint density at radius 1 is 1.14 bits per heavy atom. The van der Waals surface area contributed by atoms with Crippen LogP contribution < -0.4 is 20.5 Å². The number of rotatable bonds is 8. The predicted molar refractivity (Wildman–Crippen MR) is 111 cm³/mol. The molecule has 0 spiro atoms. The van der Waals surface area contributed by atoms with Crippen molar-refractivity contribution in [2.24, 2.45) is 11.7 Å². The Bertz CT molecular complexity index is 898. The molecular weight excluding hydrogens is 402 g/mol. The van der Waals surface area contributed by atoms with Crippen molar-refractivity contribution < 1.29 is 17.9 Å². The number of nitrogens with one attached hydrogen (secondary N) is 2. The summed E-state index contributed by atoms with van der Waals surface area (Å²) in [6, 6.07) is 12.4. The quantitative estimate of drug-likeness (QED) is 0.601. The van der Waals surface area contributed by atoms with Gasteiger partial charge in [0, 0.05) is 23.8 Å². The van der Waals surface area contributed by atoms with Gasteiger partial charge < -0.3 is 15.8 Å². The predicted octanol–water partition coefficient (Wildman–Crippen LogP) is 2.38. The highest BCUT2D eigenvalue weighted by atomic mass is 35.5. The van der Waals surface area contributed by atoms with Crippen molar-refractivity contribution in [3.8, 4) is 5.75 Å². The average molecular weight is 426 g/mol. The average Bonchev–Trinajstić information content (AvgIpc) is 3.51. The van der Waals surface area contributed by atoms with Gasteiger partial charge in [-0.1, -0.05) is 0 Å². The Morgan fingerprint density at radius 2 is 1.75 bits per heavy atom. The SMILES string of the molecule is COc1ccc(NS(=O)(=O)c2ccc(C(=O)NC(CN)C3CC3)cc2)cc1.Cl. The van der Waals surface area contributed by atoms with Crippen molar-refractivity contribution in [2.75, 3.05) is 18.4 Å². The van der Waals surface area contributed by atoms with Gasteiger partial charge in [0.2, 0.25) is 0 Å². The minimum absolute atomic E-state index is 0. The lowest BCUT2D eigenvalue weighted by atomic mass is 10.1. The number of carbonyl (C=O) groups is 1. The molecule has 2 aromatic carbocycles. The number of sulfonamides is 1. The highest BCUT2D eigenvalue weighted by molar-refractivity contribution is 7.92. The second-order valence-corrected chi connectivity index (χ2v) is 8.19. The van der Waals surface area contributed by atoms with Crippen LogP contribution in [0.5, 0.6) is 5.75 Å². The second kappa shape index (κ2) is 9.27. The van der Waals surface area contributed by atoms with Crippen LogP contribution >= 0.6 is 12.4 Å². The van der Waals surface area contributed by atoms with E-state index in [2.05, 4.69) is 10.0 Å². The standard InChI is InChI=1S/C19H23N3O4S.ClH/c1-26-16-8-6-15(7-9-16)22-27(24,25)17-10-4-14(5-11-17)19(23)21-18(12-20)13-2-3-13;/h4-11,13,18,22H,2-3,12,20H2,1H3,(H,21,23);1H. The molecule has 0 bridgehead atoms. The van der Waals surface area contributed by atoms with E-state index >= 15 is 0 Å². The maximum Gasteiger partial charge on any atom is 0.261 e. The fourth-order valence-electron chi connectivity index (χ4n) is 2.78. The molecule has 0 saturated heterocycles. The van der Waals surface area contributed by atoms with Crippen molar-refractivity contribution >= 4 is 34.0 Å². The first-order valence-corrected chi connectivity index (χ1v) is 10.2. The minimum atomic E-state index is -3.75. The van der Waals surface area contributed by atoms with E-state index in [0.29, 0.717) is 29.5 Å². The molecular formula is C19H24ClN3O4S. The van der Waals surface area contributed by atoms with E-state index < -0.39 is 10.0 Å². The molecule has 2 aromatic rings. The van der Waals surface area contributed by atoms with Crippen molar-refractivity contribution in [3.63, 3.8) is 0 Å². The fraction of sp³-hybridized carbons (Fsp3) is 0.316. The maximum absolute atomic E-state index is 12.5. The summed E-state index contributed by atoms with van der Waals surface area (Å²) in [6.07, 6.45) is 2.16. The third-order valence-electron chi connectivity index (χ3n) is 4.53. The van der Waals surface area contributed by atoms with Crippen LogP contribution in [0.25, 0.3) is 0 Å². The number of ether oxygens (including phenoxy) is 1. The van der Waals surface area contributed by atoms with Gasteiger partial charge in [-0.2, -0.15) is 0 Å². The summed E-state index contributed by atoms with van der Waals surface area (Å²) < 4.78 is 32.5. The third-order valence-corrected chi connectivity index (χ3v) is 5.93. The minimum Gasteiger partial charge on any atom is -0.497 e. The van der Waals surface area contributed by atoms with E-state index in [0.717, 1.165) is 12.8 Å². The topological polar surface area (TPSA) is 111 Å². The Balaban J connectivity index is 0.00000280. The molecule has 1 unspecified atom stereocenters. The highest BCUT2D eigenvalue weighted by Gasteiger charge is 2.31. The van der Waals surface area contributed by atoms with Crippen LogP contribution in [-0.2, 0) is 10.0 Å². The first-order chi connectivity index (χ1) is 12.9. The number of hydrogen-bond acceptors (Lipinski definition) is 5. The third kappa shape index (κ3) is 5.37. The zero-order valence-corrected chi connectivity index (χ0v) is 17.1. The Morgan fingerprint density at radius 3 is 2.25 bits per heavy atom. The molecule has 9 heteroatoms. The second-order valence-electron chi connectivity index (χ2n) is 6.51. The van der Waals surface area contributed by atoms with Crippen molar-refractivity contribution in [3.05, 3.63) is 54.1 Å². The van der Waals surface area contributed by atoms with Crippen molar-refractivity contribution in [1.29, 1.82) is 0 Å². The molecule has 1 atom stereocenters. The fourth-order valence-corrected chi connectivity index (χ4v) is 3.84. The molecule has 0 heterocycles. The Kier molecular flexibility index (Phi) is 7.29. The van der Waals surface area contributed by atoms with Crippen LogP contribution in [0.2, 0.25) is 0 Å². The molecule has 0 aliphatic heterocycles. The molecule has 152 valence electrons. The van der Waals surface area contributed by atoms with Crippen LogP contribution in [-0.4, -0.2) is 34.0 Å². The molecule has 1 aliphatic rings. The number of anilines is 1. The zero-order chi connectivity index (χ0) is 19.4. The lowest BCUT2D eigenvalue weighted by Crippen LogP contribution is -2.41. The van der Waals surface area contributed by atoms with Gasteiger partial charge >= 0.3 is 0 Å². The van der Waals surface area contributed by atoms with Gasteiger partial charge in [0.15, 0.2) is 0 Å². The molecule has 7 nitrogen and oxygen atoms in total. The first-order valence-electron chi connectivity index (χ1n) is 8.71. The summed E-state index contributed by atoms with van der Waals surface area (Å²) in [6.45, 7) is 0.397. The van der Waals surface area contributed by atoms with Gasteiger partial charge in [0.1, 0.15) is 5.75 Å². The summed E-state index contributed by atoms with van der Waals surface area (Å²) in [4.78, 5) is 12.4. The molecule has 3 rings (SSSR count). The summed E-state index contributed by atoms with van der Waals surface area (Å²) in [7, 11) is -2.21. The van der Waals surface area contributed by atoms with Gasteiger partial charge in [-0.25, -0.2) is 8.42 Å². The lowest BCUT2D eigenvalue weighted by Gasteiger charge is -2.16. The number of carbonyl (C=O) groups excluding carboxylic acids is 1. The summed E-state index contributed by atoms with van der Waals surface area (Å²) in [5.74, 6) is 0.840. The van der Waals surface area contributed by atoms with Gasteiger partial charge in [0.05, 0.1) is 12.0 Å². The molecule has 4 N–H and O–H groups in total. The smallest absolute Gasteiger partial charge is 0.261 e. The van der Waals surface area contributed by atoms with E-state index in [4.69, 9.17) is 10.5 Å². The van der Waals surface area contributed by atoms with Gasteiger partial charge in [0.25, 0.3) is 15.9 Å². The number of benzene rings is 2. The van der Waals surface area contributed by atoms with Crippen molar-refractivity contribution in [2.45, 2.75) is 23.8 Å². The normalized spacial score (nSPS) is 14.5. The zero-order valence-electron chi connectivity index (χ0n) is 15.4. The van der Waals surface area contributed by atoms with Gasteiger partial charge in [-0.3, -0.25) is 9.52 Å². The molecule has 0 aromatic heterocycles. The molecule has 1 aliphatic carbocycles. The van der Waals surface area contributed by atoms with Crippen LogP contribution in [0.4, 0.5) is 5.69 Å². The maximum atomic E-state index is 12.5.